The Hall–Kier alpha value is -2.30. The van der Waals surface area contributed by atoms with Crippen LogP contribution in [0.1, 0.15) is 43.8 Å². The van der Waals surface area contributed by atoms with E-state index in [1.807, 2.05) is 0 Å². The van der Waals surface area contributed by atoms with Crippen molar-refractivity contribution in [1.82, 2.24) is 9.55 Å². The quantitative estimate of drug-likeness (QED) is 0.445. The molecule has 0 radical (unpaired) electrons. The Labute approximate surface area is 162 Å². The van der Waals surface area contributed by atoms with Crippen molar-refractivity contribution in [1.29, 1.82) is 0 Å². The third-order valence-electron chi connectivity index (χ3n) is 5.00. The molecule has 1 saturated carbocycles. The van der Waals surface area contributed by atoms with E-state index in [4.69, 9.17) is 0 Å². The molecule has 3 rings (SSSR count). The Bertz CT molecular complexity index is 984. The van der Waals surface area contributed by atoms with Crippen LogP contribution in [-0.4, -0.2) is 27.8 Å². The van der Waals surface area contributed by atoms with Gasteiger partial charge in [-0.1, -0.05) is 19.3 Å². The molecule has 2 aromatic rings. The molecule has 1 N–H and O–H groups in total. The first kappa shape index (κ1) is 20.4. The van der Waals surface area contributed by atoms with Gasteiger partial charge < -0.3 is 5.32 Å². The topological polar surface area (TPSA) is 90.1 Å². The van der Waals surface area contributed by atoms with E-state index < -0.39 is 34.1 Å². The summed E-state index contributed by atoms with van der Waals surface area (Å²) in [5, 5.41) is 13.9. The molecule has 0 aliphatic heterocycles. The highest BCUT2D eigenvalue weighted by molar-refractivity contribution is 7.98. The van der Waals surface area contributed by atoms with Crippen molar-refractivity contribution in [2.75, 3.05) is 18.6 Å². The van der Waals surface area contributed by atoms with Gasteiger partial charge in [0.1, 0.15) is 16.9 Å². The predicted molar refractivity (Wildman–Crippen MR) is 101 cm³/mol. The summed E-state index contributed by atoms with van der Waals surface area (Å²) in [7, 11) is 1.37. The molecule has 0 aromatic carbocycles. The number of anilines is 1. The smallest absolute Gasteiger partial charge is 0.382 e. The molecule has 2 aromatic heterocycles. The van der Waals surface area contributed by atoms with Gasteiger partial charge in [0.15, 0.2) is 5.03 Å². The van der Waals surface area contributed by atoms with Crippen molar-refractivity contribution in [2.45, 2.75) is 49.3 Å². The van der Waals surface area contributed by atoms with Gasteiger partial charge in [-0.15, -0.1) is 11.8 Å². The first-order chi connectivity index (χ1) is 13.2. The second kappa shape index (κ2) is 7.61. The number of pyridine rings is 2. The summed E-state index contributed by atoms with van der Waals surface area (Å²) in [5.74, 6) is 0. The molecule has 1 aliphatic rings. The number of thioether (sulfide) groups is 1. The molecule has 28 heavy (non-hydrogen) atoms. The van der Waals surface area contributed by atoms with Gasteiger partial charge in [-0.25, -0.2) is 4.98 Å². The zero-order valence-corrected chi connectivity index (χ0v) is 16.1. The van der Waals surface area contributed by atoms with Crippen molar-refractivity contribution >= 4 is 34.0 Å². The molecule has 0 atom stereocenters. The third kappa shape index (κ3) is 3.43. The monoisotopic (exact) mass is 416 g/mol. The van der Waals surface area contributed by atoms with Gasteiger partial charge in [-0.2, -0.15) is 13.2 Å². The lowest BCUT2D eigenvalue weighted by Gasteiger charge is -2.28. The Kier molecular flexibility index (Phi) is 5.55. The van der Waals surface area contributed by atoms with Crippen LogP contribution in [0.25, 0.3) is 10.9 Å². The van der Waals surface area contributed by atoms with Crippen LogP contribution in [-0.2, 0) is 6.18 Å². The molecule has 1 aliphatic carbocycles. The van der Waals surface area contributed by atoms with Gasteiger partial charge in [0.05, 0.1) is 4.92 Å². The van der Waals surface area contributed by atoms with E-state index in [2.05, 4.69) is 10.3 Å². The number of halogens is 3. The number of hydrogen-bond acceptors (Lipinski definition) is 6. The fourth-order valence-corrected chi connectivity index (χ4v) is 4.34. The number of hydrogen-bond donors (Lipinski definition) is 1. The van der Waals surface area contributed by atoms with Crippen LogP contribution in [0.2, 0.25) is 0 Å². The van der Waals surface area contributed by atoms with Gasteiger partial charge in [0.2, 0.25) is 0 Å². The van der Waals surface area contributed by atoms with Gasteiger partial charge in [-0.05, 0) is 25.2 Å². The second-order valence-electron chi connectivity index (χ2n) is 6.61. The lowest BCUT2D eigenvalue weighted by molar-refractivity contribution is -0.387. The first-order valence-corrected chi connectivity index (χ1v) is 9.99. The van der Waals surface area contributed by atoms with Crippen molar-refractivity contribution < 1.29 is 18.1 Å². The van der Waals surface area contributed by atoms with E-state index in [1.54, 1.807) is 6.26 Å². The summed E-state index contributed by atoms with van der Waals surface area (Å²) >= 11 is 0.965. The summed E-state index contributed by atoms with van der Waals surface area (Å²) in [6.07, 6.45) is 0.166. The summed E-state index contributed by atoms with van der Waals surface area (Å²) in [6, 6.07) is 0.247. The average molecular weight is 416 g/mol. The van der Waals surface area contributed by atoms with Crippen molar-refractivity contribution in [3.05, 3.63) is 32.2 Å². The maximum atomic E-state index is 13.8. The van der Waals surface area contributed by atoms with Crippen LogP contribution >= 0.6 is 11.8 Å². The minimum atomic E-state index is -4.78. The molecule has 2 heterocycles. The molecular formula is C17H19F3N4O3S. The number of nitrogens with zero attached hydrogens (tertiary/aromatic N) is 3. The van der Waals surface area contributed by atoms with E-state index in [0.29, 0.717) is 12.8 Å². The van der Waals surface area contributed by atoms with Gasteiger partial charge in [0.25, 0.3) is 5.56 Å². The summed E-state index contributed by atoms with van der Waals surface area (Å²) in [5.41, 5.74) is -2.74. The van der Waals surface area contributed by atoms with Crippen molar-refractivity contribution in [2.24, 2.45) is 0 Å². The normalized spacial score (nSPS) is 15.8. The SMILES string of the molecule is CNc1c([N+](=O)[O-])c(SC)nc2c(=O)n(C3CCCCC3)c(C(F)(F)F)cc12. The molecule has 152 valence electrons. The van der Waals surface area contributed by atoms with Crippen LogP contribution in [0.4, 0.5) is 24.5 Å². The van der Waals surface area contributed by atoms with E-state index >= 15 is 0 Å². The third-order valence-corrected chi connectivity index (χ3v) is 5.67. The minimum absolute atomic E-state index is 0.0195. The molecule has 0 spiro atoms. The van der Waals surface area contributed by atoms with Gasteiger partial charge >= 0.3 is 11.9 Å². The Morgan fingerprint density at radius 1 is 1.32 bits per heavy atom. The highest BCUT2D eigenvalue weighted by Crippen LogP contribution is 2.41. The lowest BCUT2D eigenvalue weighted by Crippen LogP contribution is -2.33. The molecule has 0 amide bonds. The van der Waals surface area contributed by atoms with Crippen LogP contribution in [0.15, 0.2) is 15.9 Å². The Morgan fingerprint density at radius 2 is 1.96 bits per heavy atom. The van der Waals surface area contributed by atoms with Crippen LogP contribution in [0.5, 0.6) is 0 Å². The summed E-state index contributed by atoms with van der Waals surface area (Å²) < 4.78 is 42.2. The van der Waals surface area contributed by atoms with E-state index in [-0.39, 0.29) is 21.6 Å². The standard InChI is InChI=1S/C17H19F3N4O3S/c1-21-12-10-8-11(17(18,19)20)23(9-6-4-3-5-7-9)16(25)13(10)22-15(28-2)14(12)24(26)27/h8-9H,3-7H2,1-2H3,(H,21,22). The minimum Gasteiger partial charge on any atom is -0.382 e. The predicted octanol–water partition coefficient (Wildman–Crippen LogP) is 4.59. The highest BCUT2D eigenvalue weighted by Gasteiger charge is 2.38. The number of rotatable bonds is 4. The van der Waals surface area contributed by atoms with Gasteiger partial charge in [-0.3, -0.25) is 19.5 Å². The van der Waals surface area contributed by atoms with E-state index in [9.17, 15) is 28.1 Å². The van der Waals surface area contributed by atoms with Crippen molar-refractivity contribution in [3.8, 4) is 0 Å². The number of fused-ring (bicyclic) bond motifs is 1. The second-order valence-corrected chi connectivity index (χ2v) is 7.40. The van der Waals surface area contributed by atoms with Crippen LogP contribution in [0, 0.1) is 10.1 Å². The molecule has 11 heteroatoms. The number of alkyl halides is 3. The zero-order chi connectivity index (χ0) is 20.6. The van der Waals surface area contributed by atoms with Gasteiger partial charge in [0, 0.05) is 18.5 Å². The largest absolute Gasteiger partial charge is 0.431 e. The van der Waals surface area contributed by atoms with Crippen LogP contribution in [0.3, 0.4) is 0 Å². The molecule has 0 saturated heterocycles. The first-order valence-electron chi connectivity index (χ1n) is 8.77. The number of nitrogens with one attached hydrogen (secondary N) is 1. The summed E-state index contributed by atoms with van der Waals surface area (Å²) in [4.78, 5) is 28.0. The number of aromatic nitrogens is 2. The fraction of sp³-hybridized carbons (Fsp3) is 0.529. The fourth-order valence-electron chi connectivity index (χ4n) is 3.79. The molecule has 0 bridgehead atoms. The highest BCUT2D eigenvalue weighted by atomic mass is 32.2. The summed E-state index contributed by atoms with van der Waals surface area (Å²) in [6.45, 7) is 0. The van der Waals surface area contributed by atoms with Crippen molar-refractivity contribution in [3.63, 3.8) is 0 Å². The van der Waals surface area contributed by atoms with E-state index in [0.717, 1.165) is 41.7 Å². The Balaban J connectivity index is 2.45. The Morgan fingerprint density at radius 3 is 2.46 bits per heavy atom. The molecule has 7 nitrogen and oxygen atoms in total. The molecular weight excluding hydrogens is 397 g/mol. The van der Waals surface area contributed by atoms with E-state index in [1.165, 1.54) is 7.05 Å². The molecule has 1 fully saturated rings. The number of nitro groups is 1. The lowest BCUT2D eigenvalue weighted by atomic mass is 9.94. The average Bonchev–Trinajstić information content (AvgIpc) is 2.66. The maximum Gasteiger partial charge on any atom is 0.431 e. The maximum absolute atomic E-state index is 13.8. The zero-order valence-electron chi connectivity index (χ0n) is 15.3. The van der Waals surface area contributed by atoms with Crippen LogP contribution < -0.4 is 10.9 Å². The molecule has 0 unspecified atom stereocenters.